The molecule has 1 amide bonds. The summed E-state index contributed by atoms with van der Waals surface area (Å²) in [5.41, 5.74) is 2.27. The van der Waals surface area contributed by atoms with Crippen LogP contribution in [0.25, 0.3) is 11.1 Å². The second-order valence-corrected chi connectivity index (χ2v) is 6.55. The number of esters is 1. The lowest BCUT2D eigenvalue weighted by Gasteiger charge is -2.06. The maximum absolute atomic E-state index is 12.8. The van der Waals surface area contributed by atoms with Crippen LogP contribution in [0, 0.1) is 5.82 Å². The first-order valence-electron chi connectivity index (χ1n) is 8.25. The molecule has 0 bridgehead atoms. The fourth-order valence-corrected chi connectivity index (χ4v) is 2.91. The first kappa shape index (κ1) is 18.9. The van der Waals surface area contributed by atoms with E-state index in [1.807, 2.05) is 18.2 Å². The van der Waals surface area contributed by atoms with Crippen molar-refractivity contribution in [3.63, 3.8) is 0 Å². The van der Waals surface area contributed by atoms with Crippen LogP contribution in [0.1, 0.15) is 5.56 Å². The van der Waals surface area contributed by atoms with Crippen molar-refractivity contribution in [3.8, 4) is 0 Å². The molecule has 1 aromatic heterocycles. The summed E-state index contributed by atoms with van der Waals surface area (Å²) in [6.07, 6.45) is 0.563. The van der Waals surface area contributed by atoms with Crippen LogP contribution in [-0.2, 0) is 20.7 Å². The summed E-state index contributed by atoms with van der Waals surface area (Å²) < 4.78 is 23.2. The maximum atomic E-state index is 12.8. The van der Waals surface area contributed by atoms with Crippen LogP contribution in [0.4, 0.5) is 4.39 Å². The van der Waals surface area contributed by atoms with Crippen LogP contribution in [0.15, 0.2) is 58.2 Å². The molecule has 0 aliphatic carbocycles. The van der Waals surface area contributed by atoms with E-state index in [0.29, 0.717) is 29.3 Å². The fraction of sp³-hybridized carbons (Fsp3) is 0.211. The first-order chi connectivity index (χ1) is 13.1. The van der Waals surface area contributed by atoms with E-state index in [9.17, 15) is 14.0 Å². The Bertz CT molecular complexity index is 894. The third kappa shape index (κ3) is 5.82. The fourth-order valence-electron chi connectivity index (χ4n) is 2.27. The molecule has 3 rings (SSSR count). The molecule has 0 aliphatic heterocycles. The number of ether oxygens (including phenoxy) is 1. The molecule has 3 aromatic rings. The van der Waals surface area contributed by atoms with Gasteiger partial charge in [0.1, 0.15) is 17.1 Å². The molecule has 140 valence electrons. The number of halogens is 1. The van der Waals surface area contributed by atoms with Gasteiger partial charge in [-0.1, -0.05) is 36.0 Å². The van der Waals surface area contributed by atoms with Gasteiger partial charge in [0.05, 0.1) is 0 Å². The van der Waals surface area contributed by atoms with E-state index < -0.39 is 11.9 Å². The van der Waals surface area contributed by atoms with Crippen molar-refractivity contribution in [2.45, 2.75) is 11.6 Å². The number of carbonyl (C=O) groups excluding carboxylic acids is 2. The van der Waals surface area contributed by atoms with Gasteiger partial charge in [0.25, 0.3) is 11.1 Å². The van der Waals surface area contributed by atoms with Crippen molar-refractivity contribution in [2.75, 3.05) is 18.9 Å². The molecule has 0 spiro atoms. The molecule has 8 heteroatoms. The number of carbonyl (C=O) groups is 2. The molecule has 6 nitrogen and oxygen atoms in total. The Morgan fingerprint density at radius 1 is 1.15 bits per heavy atom. The predicted molar refractivity (Wildman–Crippen MR) is 98.8 cm³/mol. The molecule has 1 heterocycles. The Labute approximate surface area is 159 Å². The van der Waals surface area contributed by atoms with E-state index in [4.69, 9.17) is 9.15 Å². The number of nitrogens with one attached hydrogen (secondary N) is 1. The van der Waals surface area contributed by atoms with Crippen molar-refractivity contribution in [1.29, 1.82) is 0 Å². The molecule has 27 heavy (non-hydrogen) atoms. The van der Waals surface area contributed by atoms with Crippen LogP contribution in [0.3, 0.4) is 0 Å². The quantitative estimate of drug-likeness (QED) is 0.472. The molecule has 0 saturated carbocycles. The summed E-state index contributed by atoms with van der Waals surface area (Å²) >= 11 is 1.11. The molecule has 0 fully saturated rings. The molecular weight excluding hydrogens is 371 g/mol. The van der Waals surface area contributed by atoms with Gasteiger partial charge in [0, 0.05) is 6.54 Å². The summed E-state index contributed by atoms with van der Waals surface area (Å²) in [6.45, 7) is 0.0239. The maximum Gasteiger partial charge on any atom is 0.316 e. The van der Waals surface area contributed by atoms with Gasteiger partial charge in [0.15, 0.2) is 12.2 Å². The molecular formula is C19H17FN2O4S. The summed E-state index contributed by atoms with van der Waals surface area (Å²) in [5, 5.41) is 3.02. The van der Waals surface area contributed by atoms with E-state index in [0.717, 1.165) is 17.3 Å². The van der Waals surface area contributed by atoms with Crippen molar-refractivity contribution in [1.82, 2.24) is 10.3 Å². The van der Waals surface area contributed by atoms with Crippen LogP contribution in [0.2, 0.25) is 0 Å². The highest BCUT2D eigenvalue weighted by Crippen LogP contribution is 2.22. The zero-order chi connectivity index (χ0) is 19.1. The number of amides is 1. The molecule has 0 saturated heterocycles. The van der Waals surface area contributed by atoms with Crippen molar-refractivity contribution in [2.24, 2.45) is 0 Å². The molecule has 2 aromatic carbocycles. The Morgan fingerprint density at radius 3 is 2.70 bits per heavy atom. The van der Waals surface area contributed by atoms with Gasteiger partial charge < -0.3 is 14.5 Å². The monoisotopic (exact) mass is 388 g/mol. The second-order valence-electron chi connectivity index (χ2n) is 5.62. The van der Waals surface area contributed by atoms with Crippen molar-refractivity contribution in [3.05, 3.63) is 59.9 Å². The molecule has 0 radical (unpaired) electrons. The van der Waals surface area contributed by atoms with Gasteiger partial charge >= 0.3 is 5.97 Å². The Morgan fingerprint density at radius 2 is 1.93 bits per heavy atom. The van der Waals surface area contributed by atoms with Crippen LogP contribution >= 0.6 is 11.8 Å². The normalized spacial score (nSPS) is 10.7. The number of nitrogens with zero attached hydrogens (tertiary/aromatic N) is 1. The molecule has 0 aliphatic rings. The SMILES string of the molecule is O=C(COC(=O)CSc1nc2ccccc2o1)NCCc1ccc(F)cc1. The minimum absolute atomic E-state index is 0.00428. The van der Waals surface area contributed by atoms with E-state index in [1.54, 1.807) is 18.2 Å². The minimum Gasteiger partial charge on any atom is -0.455 e. The number of rotatable bonds is 8. The van der Waals surface area contributed by atoms with Gasteiger partial charge in [-0.2, -0.15) is 0 Å². The van der Waals surface area contributed by atoms with Crippen molar-refractivity contribution < 1.29 is 23.1 Å². The number of fused-ring (bicyclic) bond motifs is 1. The average Bonchev–Trinajstić information content (AvgIpc) is 3.09. The Hall–Kier alpha value is -2.87. The lowest BCUT2D eigenvalue weighted by atomic mass is 10.1. The highest BCUT2D eigenvalue weighted by Gasteiger charge is 2.11. The first-order valence-corrected chi connectivity index (χ1v) is 9.24. The van der Waals surface area contributed by atoms with Crippen LogP contribution in [0.5, 0.6) is 0 Å². The number of aromatic nitrogens is 1. The number of oxazole rings is 1. The smallest absolute Gasteiger partial charge is 0.316 e. The largest absolute Gasteiger partial charge is 0.455 e. The summed E-state index contributed by atoms with van der Waals surface area (Å²) in [7, 11) is 0. The third-order valence-electron chi connectivity index (χ3n) is 3.60. The predicted octanol–water partition coefficient (Wildman–Crippen LogP) is 2.96. The Kier molecular flexibility index (Phi) is 6.43. The Balaban J connectivity index is 1.33. The standard InChI is InChI=1S/C19H17FN2O4S/c20-14-7-5-13(6-8-14)9-10-21-17(23)11-25-18(24)12-27-19-22-15-3-1-2-4-16(15)26-19/h1-8H,9-12H2,(H,21,23). The highest BCUT2D eigenvalue weighted by atomic mass is 32.2. The molecule has 0 unspecified atom stereocenters. The van der Waals surface area contributed by atoms with Gasteiger partial charge in [-0.3, -0.25) is 9.59 Å². The minimum atomic E-state index is -0.532. The zero-order valence-electron chi connectivity index (χ0n) is 14.3. The highest BCUT2D eigenvalue weighted by molar-refractivity contribution is 7.99. The van der Waals surface area contributed by atoms with E-state index in [-0.39, 0.29) is 18.2 Å². The van der Waals surface area contributed by atoms with Crippen LogP contribution < -0.4 is 5.32 Å². The topological polar surface area (TPSA) is 81.4 Å². The van der Waals surface area contributed by atoms with E-state index in [2.05, 4.69) is 10.3 Å². The number of hydrogen-bond donors (Lipinski definition) is 1. The number of para-hydroxylation sites is 2. The molecule has 1 N–H and O–H groups in total. The van der Waals surface area contributed by atoms with Crippen LogP contribution in [-0.4, -0.2) is 35.8 Å². The summed E-state index contributed by atoms with van der Waals surface area (Å²) in [6, 6.07) is 13.3. The number of hydrogen-bond acceptors (Lipinski definition) is 6. The second kappa shape index (κ2) is 9.18. The van der Waals surface area contributed by atoms with E-state index >= 15 is 0 Å². The van der Waals surface area contributed by atoms with Gasteiger partial charge in [-0.05, 0) is 36.2 Å². The molecule has 0 atom stereocenters. The zero-order valence-corrected chi connectivity index (χ0v) is 15.1. The lowest BCUT2D eigenvalue weighted by molar-refractivity contribution is -0.145. The van der Waals surface area contributed by atoms with Crippen molar-refractivity contribution >= 4 is 34.7 Å². The van der Waals surface area contributed by atoms with Gasteiger partial charge in [-0.25, -0.2) is 9.37 Å². The average molecular weight is 388 g/mol. The lowest BCUT2D eigenvalue weighted by Crippen LogP contribution is -2.30. The number of thioether (sulfide) groups is 1. The van der Waals surface area contributed by atoms with Gasteiger partial charge in [0.2, 0.25) is 0 Å². The van der Waals surface area contributed by atoms with E-state index in [1.165, 1.54) is 12.1 Å². The number of benzene rings is 2. The van der Waals surface area contributed by atoms with Gasteiger partial charge in [-0.15, -0.1) is 0 Å². The summed E-state index contributed by atoms with van der Waals surface area (Å²) in [5.74, 6) is -1.23. The third-order valence-corrected chi connectivity index (χ3v) is 4.40. The summed E-state index contributed by atoms with van der Waals surface area (Å²) in [4.78, 5) is 27.7.